The van der Waals surface area contributed by atoms with Gasteiger partial charge in [-0.25, -0.2) is 5.50 Å². The molecule has 2 aromatic carbocycles. The Labute approximate surface area is 141 Å². The third-order valence-electron chi connectivity index (χ3n) is 3.29. The molecule has 1 atom stereocenters. The highest BCUT2D eigenvalue weighted by Gasteiger charge is 2.30. The molecule has 0 radical (unpaired) electrons. The number of Topliss-reactive ketones (excluding diaryl/α,β-unsaturated/α-hetero) is 1. The van der Waals surface area contributed by atoms with Crippen LogP contribution in [0.4, 0.5) is 11.4 Å². The van der Waals surface area contributed by atoms with Gasteiger partial charge < -0.3 is 4.79 Å². The molecule has 0 aliphatic rings. The first-order valence-electron chi connectivity index (χ1n) is 7.50. The van der Waals surface area contributed by atoms with Crippen molar-refractivity contribution >= 4 is 30.7 Å². The highest BCUT2D eigenvalue weighted by atomic mass is 31.2. The van der Waals surface area contributed by atoms with E-state index in [1.54, 1.807) is 48.5 Å². The summed E-state index contributed by atoms with van der Waals surface area (Å²) >= 11 is 0. The van der Waals surface area contributed by atoms with E-state index in [4.69, 9.17) is 5.50 Å². The Kier molecular flexibility index (Phi) is 5.90. The van der Waals surface area contributed by atoms with Crippen molar-refractivity contribution in [1.82, 2.24) is 5.09 Å². The van der Waals surface area contributed by atoms with Crippen LogP contribution in [0.5, 0.6) is 0 Å². The molecule has 0 spiro atoms. The van der Waals surface area contributed by atoms with Crippen molar-refractivity contribution in [2.24, 2.45) is 5.50 Å². The van der Waals surface area contributed by atoms with E-state index in [0.29, 0.717) is 11.4 Å². The van der Waals surface area contributed by atoms with E-state index in [0.717, 1.165) is 0 Å². The Morgan fingerprint density at radius 2 is 1.42 bits per heavy atom. The molecular formula is C17H20N3O3P. The molecule has 0 aliphatic heterocycles. The van der Waals surface area contributed by atoms with Crippen LogP contribution >= 0.6 is 7.59 Å². The third kappa shape index (κ3) is 4.78. The van der Waals surface area contributed by atoms with Crippen molar-refractivity contribution < 1.29 is 14.2 Å². The molecule has 0 aliphatic carbocycles. The SMILES string of the molecule is CC(=O)CCC(=O)NP(N)(=O)N(c1ccccc1)c1ccccc1. The van der Waals surface area contributed by atoms with Crippen LogP contribution in [0.15, 0.2) is 60.7 Å². The molecule has 1 unspecified atom stereocenters. The fraction of sp³-hybridized carbons (Fsp3) is 0.176. The van der Waals surface area contributed by atoms with Crippen molar-refractivity contribution in [3.8, 4) is 0 Å². The molecule has 0 saturated carbocycles. The monoisotopic (exact) mass is 345 g/mol. The van der Waals surface area contributed by atoms with Crippen molar-refractivity contribution in [3.05, 3.63) is 60.7 Å². The molecule has 24 heavy (non-hydrogen) atoms. The number of carbonyl (C=O) groups excluding carboxylic acids is 2. The molecule has 0 bridgehead atoms. The summed E-state index contributed by atoms with van der Waals surface area (Å²) in [5, 5.41) is 2.38. The Morgan fingerprint density at radius 3 is 1.83 bits per heavy atom. The first kappa shape index (κ1) is 17.9. The number of benzene rings is 2. The van der Waals surface area contributed by atoms with E-state index in [9.17, 15) is 14.2 Å². The molecule has 0 heterocycles. The molecule has 7 heteroatoms. The van der Waals surface area contributed by atoms with E-state index < -0.39 is 13.5 Å². The Balaban J connectivity index is 2.31. The molecule has 126 valence electrons. The summed E-state index contributed by atoms with van der Waals surface area (Å²) in [6.45, 7) is 1.40. The number of nitrogens with two attached hydrogens (primary N) is 1. The van der Waals surface area contributed by atoms with Crippen LogP contribution in [0.2, 0.25) is 0 Å². The lowest BCUT2D eigenvalue weighted by atomic mass is 10.2. The van der Waals surface area contributed by atoms with Crippen LogP contribution in [-0.2, 0) is 14.2 Å². The number of anilines is 2. The van der Waals surface area contributed by atoms with Crippen LogP contribution in [0.1, 0.15) is 19.8 Å². The predicted octanol–water partition coefficient (Wildman–Crippen LogP) is 3.38. The quantitative estimate of drug-likeness (QED) is 0.751. The average molecular weight is 345 g/mol. The lowest BCUT2D eigenvalue weighted by molar-refractivity contribution is -0.123. The molecule has 0 saturated heterocycles. The first-order chi connectivity index (χ1) is 11.4. The summed E-state index contributed by atoms with van der Waals surface area (Å²) in [7, 11) is -3.74. The predicted molar refractivity (Wildman–Crippen MR) is 94.9 cm³/mol. The van der Waals surface area contributed by atoms with E-state index in [1.165, 1.54) is 11.6 Å². The Bertz CT molecular complexity index is 711. The summed E-state index contributed by atoms with van der Waals surface area (Å²) in [6.07, 6.45) is 0.0381. The summed E-state index contributed by atoms with van der Waals surface area (Å²) in [5.41, 5.74) is 7.19. The van der Waals surface area contributed by atoms with Crippen LogP contribution in [-0.4, -0.2) is 11.7 Å². The van der Waals surface area contributed by atoms with Gasteiger partial charge in [0.25, 0.3) is 0 Å². The highest BCUT2D eigenvalue weighted by molar-refractivity contribution is 7.62. The normalized spacial score (nSPS) is 12.9. The molecule has 0 fully saturated rings. The number of hydrogen-bond donors (Lipinski definition) is 2. The van der Waals surface area contributed by atoms with E-state index in [1.807, 2.05) is 12.1 Å². The van der Waals surface area contributed by atoms with Gasteiger partial charge in [0.05, 0.1) is 11.4 Å². The molecule has 6 nitrogen and oxygen atoms in total. The maximum absolute atomic E-state index is 13.1. The zero-order chi connectivity index (χ0) is 17.6. The van der Waals surface area contributed by atoms with Gasteiger partial charge in [-0.15, -0.1) is 0 Å². The standard InChI is InChI=1S/C17H20N3O3P/c1-14(21)12-13-17(22)19-24(18,23)20(15-8-4-2-5-9-15)16-10-6-3-7-11-16/h2-11H,12-13H2,1H3,(H3,18,19,22,23). The third-order valence-corrected chi connectivity index (χ3v) is 4.91. The van der Waals surface area contributed by atoms with Crippen molar-refractivity contribution in [2.45, 2.75) is 19.8 Å². The van der Waals surface area contributed by atoms with Crippen molar-refractivity contribution in [1.29, 1.82) is 0 Å². The zero-order valence-corrected chi connectivity index (χ0v) is 14.3. The zero-order valence-electron chi connectivity index (χ0n) is 13.4. The lowest BCUT2D eigenvalue weighted by Gasteiger charge is -2.30. The molecule has 2 aromatic rings. The van der Waals surface area contributed by atoms with Gasteiger partial charge in [0.1, 0.15) is 5.78 Å². The second kappa shape index (κ2) is 7.90. The van der Waals surface area contributed by atoms with Gasteiger partial charge in [-0.05, 0) is 31.2 Å². The number of ketones is 1. The fourth-order valence-electron chi connectivity index (χ4n) is 2.20. The maximum atomic E-state index is 13.1. The number of amides is 1. The maximum Gasteiger partial charge on any atom is 0.334 e. The smallest absolute Gasteiger partial charge is 0.300 e. The van der Waals surface area contributed by atoms with Crippen LogP contribution in [0, 0.1) is 0 Å². The highest BCUT2D eigenvalue weighted by Crippen LogP contribution is 2.46. The largest absolute Gasteiger partial charge is 0.334 e. The van der Waals surface area contributed by atoms with Gasteiger partial charge in [0.2, 0.25) is 5.91 Å². The van der Waals surface area contributed by atoms with Crippen LogP contribution < -0.4 is 15.3 Å². The summed E-state index contributed by atoms with van der Waals surface area (Å²) in [5.74, 6) is -0.632. The number of carbonyl (C=O) groups is 2. The van der Waals surface area contributed by atoms with E-state index in [2.05, 4.69) is 5.09 Å². The molecule has 3 N–H and O–H groups in total. The van der Waals surface area contributed by atoms with Crippen molar-refractivity contribution in [2.75, 3.05) is 4.67 Å². The minimum atomic E-state index is -3.74. The van der Waals surface area contributed by atoms with Gasteiger partial charge in [-0.3, -0.25) is 19.1 Å². The van der Waals surface area contributed by atoms with Gasteiger partial charge in [0, 0.05) is 12.8 Å². The second-order valence-electron chi connectivity index (χ2n) is 5.34. The first-order valence-corrected chi connectivity index (χ1v) is 9.23. The second-order valence-corrected chi connectivity index (χ2v) is 7.21. The topological polar surface area (TPSA) is 92.5 Å². The fourth-order valence-corrected chi connectivity index (χ4v) is 3.73. The lowest BCUT2D eigenvalue weighted by Crippen LogP contribution is -2.33. The number of para-hydroxylation sites is 2. The minimum Gasteiger partial charge on any atom is -0.300 e. The van der Waals surface area contributed by atoms with Crippen LogP contribution in [0.25, 0.3) is 0 Å². The van der Waals surface area contributed by atoms with E-state index >= 15 is 0 Å². The molecule has 1 amide bonds. The summed E-state index contributed by atoms with van der Waals surface area (Å²) < 4.78 is 14.5. The average Bonchev–Trinajstić information content (AvgIpc) is 2.54. The molecule has 0 aromatic heterocycles. The van der Waals surface area contributed by atoms with Gasteiger partial charge >= 0.3 is 7.59 Å². The number of rotatable bonds is 7. The Morgan fingerprint density at radius 1 is 0.958 bits per heavy atom. The summed E-state index contributed by atoms with van der Waals surface area (Å²) in [6, 6.07) is 17.9. The van der Waals surface area contributed by atoms with Gasteiger partial charge in [-0.1, -0.05) is 36.4 Å². The molecule has 2 rings (SSSR count). The summed E-state index contributed by atoms with van der Waals surface area (Å²) in [4.78, 5) is 23.0. The molecular weight excluding hydrogens is 325 g/mol. The number of nitrogens with one attached hydrogen (secondary N) is 1. The van der Waals surface area contributed by atoms with Crippen LogP contribution in [0.3, 0.4) is 0 Å². The number of nitrogens with zero attached hydrogens (tertiary/aromatic N) is 1. The number of hydrogen-bond acceptors (Lipinski definition) is 3. The minimum absolute atomic E-state index is 0.0477. The van der Waals surface area contributed by atoms with Gasteiger partial charge in [-0.2, -0.15) is 0 Å². The van der Waals surface area contributed by atoms with E-state index in [-0.39, 0.29) is 18.6 Å². The van der Waals surface area contributed by atoms with Gasteiger partial charge in [0.15, 0.2) is 0 Å². The Hall–Kier alpha value is -2.43. The van der Waals surface area contributed by atoms with Crippen molar-refractivity contribution in [3.63, 3.8) is 0 Å².